The third-order valence-electron chi connectivity index (χ3n) is 7.15. The number of hydrogen-bond acceptors (Lipinski definition) is 9. The molecule has 0 radical (unpaired) electrons. The van der Waals surface area contributed by atoms with Crippen molar-refractivity contribution >= 4 is 78.1 Å². The van der Waals surface area contributed by atoms with E-state index in [1.54, 1.807) is 36.4 Å². The van der Waals surface area contributed by atoms with E-state index in [9.17, 15) is 32.7 Å². The molecule has 15 heteroatoms. The number of anilines is 2. The number of sulfonamides is 1. The van der Waals surface area contributed by atoms with Gasteiger partial charge < -0.3 is 10.4 Å². The molecule has 2 aliphatic heterocycles. The van der Waals surface area contributed by atoms with Gasteiger partial charge in [-0.1, -0.05) is 51.2 Å². The van der Waals surface area contributed by atoms with Crippen LogP contribution in [0.2, 0.25) is 0 Å². The average Bonchev–Trinajstić information content (AvgIpc) is 3.40. The van der Waals surface area contributed by atoms with Crippen LogP contribution in [0.4, 0.5) is 11.4 Å². The number of nitrogens with zero attached hydrogens (tertiary/aromatic N) is 2. The van der Waals surface area contributed by atoms with Gasteiger partial charge in [0.1, 0.15) is 17.5 Å². The number of carbonyl (C=O) groups excluding carboxylic acids is 3. The van der Waals surface area contributed by atoms with Crippen molar-refractivity contribution in [1.82, 2.24) is 4.57 Å². The van der Waals surface area contributed by atoms with Crippen molar-refractivity contribution in [1.29, 1.82) is 0 Å². The molecule has 2 aliphatic rings. The molecule has 6 rings (SSSR count). The molecular weight excluding hydrogens is 680 g/mol. The van der Waals surface area contributed by atoms with Crippen molar-refractivity contribution in [3.8, 4) is 5.75 Å². The fourth-order valence-corrected chi connectivity index (χ4v) is 8.77. The Balaban J connectivity index is 1.36. The first kappa shape index (κ1) is 29.3. The molecular formula is C28H21BrN4O7S3. The third kappa shape index (κ3) is 5.42. The molecule has 3 amide bonds. The van der Waals surface area contributed by atoms with E-state index in [1.807, 2.05) is 0 Å². The number of nitrogens with one attached hydrogen (secondary N) is 1. The van der Waals surface area contributed by atoms with Crippen molar-refractivity contribution in [2.45, 2.75) is 27.6 Å². The van der Waals surface area contributed by atoms with Crippen molar-refractivity contribution < 1.29 is 27.9 Å². The van der Waals surface area contributed by atoms with Gasteiger partial charge in [-0.15, -0.1) is 0 Å². The van der Waals surface area contributed by atoms with Crippen LogP contribution in [0.25, 0.3) is 0 Å². The summed E-state index contributed by atoms with van der Waals surface area (Å²) in [6.07, 6.45) is 0. The van der Waals surface area contributed by atoms with Crippen LogP contribution in [0, 0.1) is 5.92 Å². The second-order valence-corrected chi connectivity index (χ2v) is 14.5. The van der Waals surface area contributed by atoms with E-state index in [-0.39, 0.29) is 17.2 Å². The summed E-state index contributed by atoms with van der Waals surface area (Å²) in [6.45, 7) is -0.382. The number of aromatic nitrogens is 1. The number of halogens is 1. The van der Waals surface area contributed by atoms with Crippen LogP contribution in [0.1, 0.15) is 16.4 Å². The van der Waals surface area contributed by atoms with Gasteiger partial charge in [-0.2, -0.15) is 0 Å². The average molecular weight is 702 g/mol. The van der Waals surface area contributed by atoms with Gasteiger partial charge in [0.15, 0.2) is 0 Å². The molecule has 43 heavy (non-hydrogen) atoms. The molecule has 3 heterocycles. The fourth-order valence-electron chi connectivity index (χ4n) is 5.21. The lowest BCUT2D eigenvalue weighted by molar-refractivity contribution is -0.122. The number of phenols is 1. The Hall–Kier alpha value is -3.76. The number of nitrogens with two attached hydrogens (primary N) is 1. The largest absolute Gasteiger partial charge is 0.508 e. The lowest BCUT2D eigenvalue weighted by Crippen LogP contribution is -2.33. The Kier molecular flexibility index (Phi) is 7.54. The van der Waals surface area contributed by atoms with E-state index < -0.39 is 49.7 Å². The van der Waals surface area contributed by atoms with Gasteiger partial charge >= 0.3 is 4.87 Å². The normalized spacial score (nSPS) is 19.7. The number of fused-ring (bicyclic) bond motifs is 2. The summed E-state index contributed by atoms with van der Waals surface area (Å²) in [7, 11) is -3.91. The van der Waals surface area contributed by atoms with Crippen LogP contribution < -0.4 is 20.2 Å². The van der Waals surface area contributed by atoms with E-state index in [1.165, 1.54) is 45.9 Å². The van der Waals surface area contributed by atoms with Gasteiger partial charge in [0.25, 0.3) is 0 Å². The summed E-state index contributed by atoms with van der Waals surface area (Å²) in [4.78, 5) is 55.1. The molecule has 0 unspecified atom stereocenters. The zero-order valence-corrected chi connectivity index (χ0v) is 25.9. The van der Waals surface area contributed by atoms with Gasteiger partial charge in [0, 0.05) is 21.0 Å². The van der Waals surface area contributed by atoms with E-state index in [2.05, 4.69) is 21.2 Å². The molecule has 4 aromatic rings. The molecule has 3 atom stereocenters. The Bertz CT molecular complexity index is 1940. The number of amides is 3. The number of rotatable bonds is 6. The maximum absolute atomic E-state index is 13.9. The lowest BCUT2D eigenvalue weighted by atomic mass is 9.83. The monoisotopic (exact) mass is 700 g/mol. The summed E-state index contributed by atoms with van der Waals surface area (Å²) >= 11 is 5.35. The van der Waals surface area contributed by atoms with Crippen LogP contribution in [-0.2, 0) is 31.0 Å². The first-order valence-corrected chi connectivity index (χ1v) is 16.7. The minimum atomic E-state index is -3.91. The molecule has 0 aliphatic carbocycles. The molecule has 0 spiro atoms. The van der Waals surface area contributed by atoms with Gasteiger partial charge in [0.05, 0.1) is 21.5 Å². The van der Waals surface area contributed by atoms with Gasteiger partial charge in [-0.3, -0.25) is 23.7 Å². The smallest absolute Gasteiger partial charge is 0.308 e. The third-order valence-corrected chi connectivity index (χ3v) is 11.2. The van der Waals surface area contributed by atoms with E-state index in [0.29, 0.717) is 26.8 Å². The first-order chi connectivity index (χ1) is 20.4. The van der Waals surface area contributed by atoms with E-state index in [4.69, 9.17) is 5.14 Å². The molecule has 220 valence electrons. The second-order valence-electron chi connectivity index (χ2n) is 9.86. The summed E-state index contributed by atoms with van der Waals surface area (Å²) in [6, 6.07) is 18.3. The Morgan fingerprint density at radius 2 is 1.60 bits per heavy atom. The van der Waals surface area contributed by atoms with E-state index >= 15 is 0 Å². The number of phenolic OH excluding ortho intramolecular Hbond substituents is 1. The van der Waals surface area contributed by atoms with Crippen molar-refractivity contribution in [3.05, 3.63) is 97.4 Å². The molecule has 11 nitrogen and oxygen atoms in total. The number of benzene rings is 3. The lowest BCUT2D eigenvalue weighted by Gasteiger charge is -2.30. The quantitative estimate of drug-likeness (QED) is 0.257. The van der Waals surface area contributed by atoms with Crippen LogP contribution in [0.3, 0.4) is 0 Å². The molecule has 4 N–H and O–H groups in total. The zero-order chi connectivity index (χ0) is 30.6. The number of carbonyl (C=O) groups is 3. The maximum atomic E-state index is 13.9. The minimum absolute atomic E-state index is 0.0237. The Labute approximate surface area is 261 Å². The van der Waals surface area contributed by atoms with Gasteiger partial charge in [0.2, 0.25) is 27.7 Å². The topological polar surface area (TPSA) is 169 Å². The number of primary sulfonamides is 1. The summed E-state index contributed by atoms with van der Waals surface area (Å²) in [5.41, 5.74) is 1.36. The number of thiazole rings is 1. The molecule has 1 aromatic heterocycles. The van der Waals surface area contributed by atoms with E-state index in [0.717, 1.165) is 27.6 Å². The summed E-state index contributed by atoms with van der Waals surface area (Å²) in [5, 5.41) is 17.2. The highest BCUT2D eigenvalue weighted by Crippen LogP contribution is 2.54. The SMILES string of the molecule is NS(=O)(=O)c1ccc(NC(=O)Cn2c3c(sc2=O)[C@@H](c2ccc(O)cc2)[C@H]2C(=O)N(c4ccc(Br)cc4)C(=O)[C@H]2S3)cc1. The maximum Gasteiger partial charge on any atom is 0.308 e. The van der Waals surface area contributed by atoms with Crippen LogP contribution in [0.5, 0.6) is 5.75 Å². The van der Waals surface area contributed by atoms with Crippen molar-refractivity contribution in [3.63, 3.8) is 0 Å². The highest BCUT2D eigenvalue weighted by molar-refractivity contribution is 9.10. The highest BCUT2D eigenvalue weighted by atomic mass is 79.9. The highest BCUT2D eigenvalue weighted by Gasteiger charge is 2.56. The summed E-state index contributed by atoms with van der Waals surface area (Å²) in [5.74, 6) is -2.86. The van der Waals surface area contributed by atoms with Gasteiger partial charge in [-0.25, -0.2) is 18.5 Å². The van der Waals surface area contributed by atoms with Crippen LogP contribution in [-0.4, -0.2) is 41.1 Å². The Morgan fingerprint density at radius 1 is 0.953 bits per heavy atom. The molecule has 0 bridgehead atoms. The first-order valence-electron chi connectivity index (χ1n) is 12.7. The molecule has 0 saturated carbocycles. The van der Waals surface area contributed by atoms with Gasteiger partial charge in [-0.05, 0) is 66.2 Å². The molecule has 3 aromatic carbocycles. The zero-order valence-electron chi connectivity index (χ0n) is 21.8. The number of aromatic hydroxyl groups is 1. The fraction of sp³-hybridized carbons (Fsp3) is 0.143. The molecule has 1 fully saturated rings. The van der Waals surface area contributed by atoms with Crippen molar-refractivity contribution in [2.75, 3.05) is 10.2 Å². The Morgan fingerprint density at radius 3 is 2.23 bits per heavy atom. The summed E-state index contributed by atoms with van der Waals surface area (Å²) < 4.78 is 25.1. The number of imide groups is 1. The number of thioether (sulfide) groups is 1. The second kappa shape index (κ2) is 11.1. The van der Waals surface area contributed by atoms with Crippen molar-refractivity contribution in [2.24, 2.45) is 11.1 Å². The minimum Gasteiger partial charge on any atom is -0.508 e. The standard InChI is InChI=1S/C28H21BrN4O7S3/c29-15-3-7-17(8-4-15)33-25(36)22-21(14-1-9-18(34)10-2-14)24-27(41-23(22)26(33)37)32(28(38)42-24)13-20(35)31-16-5-11-19(12-6-16)43(30,39)40/h1-12,21-23,34H,13H2,(H,31,35)(H2,30,39,40)/t21-,22+,23-/m0/s1. The molecule has 1 saturated heterocycles. The predicted molar refractivity (Wildman–Crippen MR) is 165 cm³/mol. The predicted octanol–water partition coefficient (Wildman–Crippen LogP) is 3.46. The van der Waals surface area contributed by atoms with Crippen LogP contribution >= 0.6 is 39.0 Å². The number of hydrogen-bond donors (Lipinski definition) is 3. The van der Waals surface area contributed by atoms with Crippen LogP contribution in [0.15, 0.2) is 92.0 Å².